The number of ether oxygens (including phenoxy) is 3. The highest BCUT2D eigenvalue weighted by molar-refractivity contribution is 5.68. The van der Waals surface area contributed by atoms with Crippen LogP contribution in [-0.4, -0.2) is 124 Å². The van der Waals surface area contributed by atoms with E-state index in [0.717, 1.165) is 38.5 Å². The molecule has 2 aliphatic heterocycles. The largest absolute Gasteiger partial charge is 0.469 e. The van der Waals surface area contributed by atoms with Crippen molar-refractivity contribution >= 4 is 5.97 Å². The first-order valence-corrected chi connectivity index (χ1v) is 11.4. The molecule has 188 valence electrons. The molecule has 0 bridgehead atoms. The molecule has 0 aromatic rings. The van der Waals surface area contributed by atoms with Crippen LogP contribution in [0.1, 0.15) is 44.9 Å². The fourth-order valence-corrected chi connectivity index (χ4v) is 4.30. The van der Waals surface area contributed by atoms with Gasteiger partial charge in [-0.15, -0.1) is 0 Å². The van der Waals surface area contributed by atoms with Crippen LogP contribution in [0.25, 0.3) is 0 Å². The molecule has 0 aliphatic carbocycles. The molecule has 0 unspecified atom stereocenters. The minimum atomic E-state index is -1.27. The molecular weight excluding hydrogens is 426 g/mol. The van der Waals surface area contributed by atoms with Crippen LogP contribution in [0, 0.1) is 0 Å². The van der Waals surface area contributed by atoms with Gasteiger partial charge in [0.05, 0.1) is 38.1 Å². The zero-order valence-electron chi connectivity index (χ0n) is 18.7. The van der Waals surface area contributed by atoms with Crippen molar-refractivity contribution in [2.45, 2.75) is 93.9 Å². The monoisotopic (exact) mass is 465 g/mol. The number of β-amino-alcohol motifs (C(OH)–C–C–N with tert-alkyl or cyclic N) is 1. The summed E-state index contributed by atoms with van der Waals surface area (Å²) in [5.74, 6) is -0.189. The first-order chi connectivity index (χ1) is 15.3. The average molecular weight is 466 g/mol. The van der Waals surface area contributed by atoms with E-state index in [1.165, 1.54) is 7.11 Å². The van der Waals surface area contributed by atoms with E-state index < -0.39 is 55.6 Å². The lowest BCUT2D eigenvalue weighted by atomic mass is 10.0. The smallest absolute Gasteiger partial charge is 0.305 e. The SMILES string of the molecule is COC(=O)CCCCCCCCO[C@H]1O[C@H](CN2C[C@@H](O)[C@H](O)[C@@H]2[C@@H](O)CO)[C@@H](O)[C@@H]1O. The highest BCUT2D eigenvalue weighted by Crippen LogP contribution is 2.28. The Bertz CT molecular complexity index is 553. The van der Waals surface area contributed by atoms with E-state index in [0.29, 0.717) is 13.0 Å². The van der Waals surface area contributed by atoms with Crippen LogP contribution in [0.15, 0.2) is 0 Å². The second-order valence-corrected chi connectivity index (χ2v) is 8.59. The van der Waals surface area contributed by atoms with Crippen LogP contribution >= 0.6 is 0 Å². The van der Waals surface area contributed by atoms with E-state index in [9.17, 15) is 35.4 Å². The van der Waals surface area contributed by atoms with Gasteiger partial charge in [0.25, 0.3) is 0 Å². The standard InChI is InChI=1S/C21H39NO10/c1-30-16(26)8-6-4-2-3-5-7-9-31-21-20(29)19(28)15(32-21)11-22-10-13(24)18(27)17(22)14(25)12-23/h13-15,17-21,23-25,27-29H,2-12H2,1H3/t13-,14+,15-,17+,18+,19-,20+,21+/m1/s1. The number of carbonyl (C=O) groups excluding carboxylic acids is 1. The van der Waals surface area contributed by atoms with E-state index in [1.54, 1.807) is 4.90 Å². The Labute approximate surface area is 188 Å². The molecule has 0 aromatic heterocycles. The average Bonchev–Trinajstić information content (AvgIpc) is 3.21. The van der Waals surface area contributed by atoms with Crippen LogP contribution in [-0.2, 0) is 19.0 Å². The van der Waals surface area contributed by atoms with Gasteiger partial charge in [0.2, 0.25) is 0 Å². The first kappa shape index (κ1) is 27.4. The third kappa shape index (κ3) is 7.57. The quantitative estimate of drug-likeness (QED) is 0.125. The minimum Gasteiger partial charge on any atom is -0.469 e. The van der Waals surface area contributed by atoms with E-state index in [4.69, 9.17) is 9.47 Å². The number of aliphatic hydroxyl groups is 6. The predicted octanol–water partition coefficient (Wildman–Crippen LogP) is -1.89. The summed E-state index contributed by atoms with van der Waals surface area (Å²) in [6.07, 6.45) is -1.99. The van der Waals surface area contributed by atoms with E-state index in [2.05, 4.69) is 4.74 Å². The fourth-order valence-electron chi connectivity index (χ4n) is 4.30. The van der Waals surface area contributed by atoms with E-state index in [1.807, 2.05) is 0 Å². The maximum atomic E-state index is 11.0. The number of unbranched alkanes of at least 4 members (excludes halogenated alkanes) is 5. The summed E-state index contributed by atoms with van der Waals surface area (Å²) in [7, 11) is 1.38. The summed E-state index contributed by atoms with van der Waals surface area (Å²) >= 11 is 0. The number of rotatable bonds is 14. The van der Waals surface area contributed by atoms with Crippen molar-refractivity contribution < 1.29 is 49.6 Å². The third-order valence-electron chi connectivity index (χ3n) is 6.19. The Kier molecular flexibility index (Phi) is 11.7. The maximum absolute atomic E-state index is 11.0. The lowest BCUT2D eigenvalue weighted by Gasteiger charge is -2.31. The van der Waals surface area contributed by atoms with Crippen LogP contribution in [0.3, 0.4) is 0 Å². The summed E-state index contributed by atoms with van der Waals surface area (Å²) in [6.45, 7) is -0.148. The second kappa shape index (κ2) is 13.7. The topological polar surface area (TPSA) is 169 Å². The molecule has 0 aromatic carbocycles. The van der Waals surface area contributed by atoms with Gasteiger partial charge in [-0.05, 0) is 12.8 Å². The molecule has 2 heterocycles. The predicted molar refractivity (Wildman–Crippen MR) is 111 cm³/mol. The first-order valence-electron chi connectivity index (χ1n) is 11.4. The van der Waals surface area contributed by atoms with Gasteiger partial charge in [-0.2, -0.15) is 0 Å². The minimum absolute atomic E-state index is 0.0384. The van der Waals surface area contributed by atoms with Crippen molar-refractivity contribution in [3.05, 3.63) is 0 Å². The normalized spacial score (nSPS) is 34.2. The maximum Gasteiger partial charge on any atom is 0.305 e. The number of likely N-dealkylation sites (tertiary alicyclic amines) is 1. The van der Waals surface area contributed by atoms with Crippen LogP contribution < -0.4 is 0 Å². The van der Waals surface area contributed by atoms with Crippen LogP contribution in [0.2, 0.25) is 0 Å². The van der Waals surface area contributed by atoms with Crippen LogP contribution in [0.4, 0.5) is 0 Å². The number of methoxy groups -OCH3 is 1. The van der Waals surface area contributed by atoms with Crippen LogP contribution in [0.5, 0.6) is 0 Å². The van der Waals surface area contributed by atoms with Crippen molar-refractivity contribution in [1.29, 1.82) is 0 Å². The number of nitrogens with zero attached hydrogens (tertiary/aromatic N) is 1. The van der Waals surface area contributed by atoms with Gasteiger partial charge >= 0.3 is 5.97 Å². The molecule has 2 fully saturated rings. The zero-order chi connectivity index (χ0) is 23.7. The Morgan fingerprint density at radius 1 is 1.03 bits per heavy atom. The summed E-state index contributed by atoms with van der Waals surface area (Å²) in [6, 6.07) is -0.907. The molecule has 8 atom stereocenters. The molecule has 2 saturated heterocycles. The highest BCUT2D eigenvalue weighted by Gasteiger charge is 2.49. The van der Waals surface area contributed by atoms with Gasteiger partial charge in [0, 0.05) is 26.1 Å². The Hall–Kier alpha value is -0.890. The molecule has 11 heteroatoms. The number of esters is 1. The second-order valence-electron chi connectivity index (χ2n) is 8.59. The lowest BCUT2D eigenvalue weighted by molar-refractivity contribution is -0.169. The molecule has 0 radical (unpaired) electrons. The van der Waals surface area contributed by atoms with Crippen molar-refractivity contribution in [2.24, 2.45) is 0 Å². The summed E-state index contributed by atoms with van der Waals surface area (Å²) < 4.78 is 15.8. The summed E-state index contributed by atoms with van der Waals surface area (Å²) in [5.41, 5.74) is 0. The molecule has 11 nitrogen and oxygen atoms in total. The molecule has 2 aliphatic rings. The van der Waals surface area contributed by atoms with E-state index >= 15 is 0 Å². The van der Waals surface area contributed by atoms with Gasteiger partial charge in [-0.25, -0.2) is 0 Å². The fraction of sp³-hybridized carbons (Fsp3) is 0.952. The molecule has 2 rings (SSSR count). The van der Waals surface area contributed by atoms with Gasteiger partial charge in [-0.3, -0.25) is 9.69 Å². The van der Waals surface area contributed by atoms with Gasteiger partial charge < -0.3 is 44.8 Å². The molecular formula is C21H39NO10. The highest BCUT2D eigenvalue weighted by atomic mass is 16.7. The molecule has 0 saturated carbocycles. The Balaban J connectivity index is 1.67. The number of hydrogen-bond donors (Lipinski definition) is 6. The van der Waals surface area contributed by atoms with Crippen molar-refractivity contribution in [1.82, 2.24) is 4.90 Å². The lowest BCUT2D eigenvalue weighted by Crippen LogP contribution is -2.50. The van der Waals surface area contributed by atoms with Crippen molar-refractivity contribution in [3.8, 4) is 0 Å². The Morgan fingerprint density at radius 2 is 1.69 bits per heavy atom. The van der Waals surface area contributed by atoms with Crippen molar-refractivity contribution in [3.63, 3.8) is 0 Å². The van der Waals surface area contributed by atoms with Crippen molar-refractivity contribution in [2.75, 3.05) is 33.4 Å². The molecule has 6 N–H and O–H groups in total. The van der Waals surface area contributed by atoms with Gasteiger partial charge in [0.1, 0.15) is 18.3 Å². The van der Waals surface area contributed by atoms with Gasteiger partial charge in [0.15, 0.2) is 6.29 Å². The number of hydrogen-bond acceptors (Lipinski definition) is 11. The number of carbonyl (C=O) groups is 1. The summed E-state index contributed by atoms with van der Waals surface area (Å²) in [5, 5.41) is 59.8. The summed E-state index contributed by atoms with van der Waals surface area (Å²) in [4.78, 5) is 12.6. The molecule has 0 amide bonds. The van der Waals surface area contributed by atoms with E-state index in [-0.39, 0.29) is 19.1 Å². The zero-order valence-corrected chi connectivity index (χ0v) is 18.7. The molecule has 0 spiro atoms. The molecule has 32 heavy (non-hydrogen) atoms. The number of aliphatic hydroxyl groups excluding tert-OH is 6. The Morgan fingerprint density at radius 3 is 2.34 bits per heavy atom. The van der Waals surface area contributed by atoms with Gasteiger partial charge in [-0.1, -0.05) is 25.7 Å². The third-order valence-corrected chi connectivity index (χ3v) is 6.19.